The molecular weight excluding hydrogens is 135 g/mol. The van der Waals surface area contributed by atoms with Crippen molar-refractivity contribution in [3.8, 4) is 0 Å². The molecule has 0 aliphatic heterocycles. The Kier molecular flexibility index (Phi) is 2.25. The van der Waals surface area contributed by atoms with E-state index in [2.05, 4.69) is 0 Å². The van der Waals surface area contributed by atoms with E-state index in [4.69, 9.17) is 4.74 Å². The third-order valence-electron chi connectivity index (χ3n) is 1.46. The molecule has 0 aromatic heterocycles. The Morgan fingerprint density at radius 1 is 1.80 bits per heavy atom. The van der Waals surface area contributed by atoms with Gasteiger partial charge in [-0.2, -0.15) is 0 Å². The van der Waals surface area contributed by atoms with E-state index in [-0.39, 0.29) is 5.97 Å². The average Bonchev–Trinajstić information content (AvgIpc) is 2.62. The first kappa shape index (κ1) is 7.51. The highest BCUT2D eigenvalue weighted by molar-refractivity contribution is 5.76. The molecule has 0 bridgehead atoms. The van der Waals surface area contributed by atoms with Crippen molar-refractivity contribution in [3.05, 3.63) is 0 Å². The summed E-state index contributed by atoms with van der Waals surface area (Å²) in [6.07, 6.45) is 0.238. The van der Waals surface area contributed by atoms with Gasteiger partial charge in [0.05, 0.1) is 12.5 Å². The van der Waals surface area contributed by atoms with Crippen LogP contribution in [0.3, 0.4) is 0 Å². The predicted molar refractivity (Wildman–Crippen MR) is 34.3 cm³/mol. The van der Waals surface area contributed by atoms with E-state index in [0.717, 1.165) is 6.42 Å². The molecule has 1 aliphatic carbocycles. The summed E-state index contributed by atoms with van der Waals surface area (Å²) in [6, 6.07) is 0. The van der Waals surface area contributed by atoms with Crippen LogP contribution in [0.2, 0.25) is 0 Å². The Labute approximate surface area is 59.4 Å². The number of carbonyl (C=O) groups is 1. The zero-order valence-electron chi connectivity index (χ0n) is 5.97. The standard InChI is InChI=1S/C7H11FO2/c1-2-3-10-7(9)5-4-6(5)8/h5-6H,2-4H2,1H3. The van der Waals surface area contributed by atoms with Crippen LogP contribution in [-0.2, 0) is 9.53 Å². The normalized spacial score (nSPS) is 29.8. The zero-order chi connectivity index (χ0) is 7.56. The molecule has 3 heteroatoms. The number of hydrogen-bond donors (Lipinski definition) is 0. The van der Waals surface area contributed by atoms with Gasteiger partial charge in [-0.1, -0.05) is 6.92 Å². The molecule has 1 aliphatic rings. The van der Waals surface area contributed by atoms with Crippen LogP contribution in [0.25, 0.3) is 0 Å². The summed E-state index contributed by atoms with van der Waals surface area (Å²) >= 11 is 0. The molecule has 2 nitrogen and oxygen atoms in total. The Balaban J connectivity index is 2.11. The number of carbonyl (C=O) groups excluding carboxylic acids is 1. The van der Waals surface area contributed by atoms with Gasteiger partial charge in [-0.05, 0) is 12.8 Å². The van der Waals surface area contributed by atoms with Crippen LogP contribution in [0.1, 0.15) is 19.8 Å². The summed E-state index contributed by atoms with van der Waals surface area (Å²) in [4.78, 5) is 10.7. The van der Waals surface area contributed by atoms with Gasteiger partial charge in [-0.25, -0.2) is 4.39 Å². The van der Waals surface area contributed by atoms with E-state index < -0.39 is 12.1 Å². The molecule has 2 atom stereocenters. The Bertz CT molecular complexity index is 136. The molecule has 0 amide bonds. The molecule has 1 saturated carbocycles. The summed E-state index contributed by atoms with van der Waals surface area (Å²) in [6.45, 7) is 2.33. The molecule has 0 aromatic carbocycles. The molecule has 0 spiro atoms. The quantitative estimate of drug-likeness (QED) is 0.561. The maximum absolute atomic E-state index is 12.2. The van der Waals surface area contributed by atoms with Gasteiger partial charge in [0.2, 0.25) is 0 Å². The van der Waals surface area contributed by atoms with E-state index in [0.29, 0.717) is 13.0 Å². The average molecular weight is 146 g/mol. The second-order valence-corrected chi connectivity index (χ2v) is 2.53. The van der Waals surface area contributed by atoms with Crippen molar-refractivity contribution < 1.29 is 13.9 Å². The minimum absolute atomic E-state index is 0.364. The lowest BCUT2D eigenvalue weighted by molar-refractivity contribution is -0.145. The van der Waals surface area contributed by atoms with Gasteiger partial charge in [0.1, 0.15) is 6.17 Å². The van der Waals surface area contributed by atoms with Crippen molar-refractivity contribution in [2.45, 2.75) is 25.9 Å². The van der Waals surface area contributed by atoms with E-state index in [1.165, 1.54) is 0 Å². The van der Waals surface area contributed by atoms with Gasteiger partial charge >= 0.3 is 5.97 Å². The Hall–Kier alpha value is -0.600. The highest BCUT2D eigenvalue weighted by atomic mass is 19.1. The van der Waals surface area contributed by atoms with Crippen LogP contribution in [0.5, 0.6) is 0 Å². The van der Waals surface area contributed by atoms with Crippen molar-refractivity contribution in [2.24, 2.45) is 5.92 Å². The van der Waals surface area contributed by atoms with Crippen molar-refractivity contribution in [1.29, 1.82) is 0 Å². The molecular formula is C7H11FO2. The molecule has 1 fully saturated rings. The van der Waals surface area contributed by atoms with E-state index in [9.17, 15) is 9.18 Å². The lowest BCUT2D eigenvalue weighted by Crippen LogP contribution is -2.08. The SMILES string of the molecule is CCCOC(=O)C1CC1F. The van der Waals surface area contributed by atoms with Crippen molar-refractivity contribution in [3.63, 3.8) is 0 Å². The fourth-order valence-electron chi connectivity index (χ4n) is 0.718. The number of ether oxygens (including phenoxy) is 1. The second kappa shape index (κ2) is 2.99. The predicted octanol–water partition coefficient (Wildman–Crippen LogP) is 1.30. The van der Waals surface area contributed by atoms with Crippen LogP contribution in [-0.4, -0.2) is 18.7 Å². The van der Waals surface area contributed by atoms with Gasteiger partial charge in [-0.3, -0.25) is 4.79 Å². The minimum atomic E-state index is -0.927. The zero-order valence-corrected chi connectivity index (χ0v) is 5.97. The first-order valence-corrected chi connectivity index (χ1v) is 3.56. The molecule has 0 aromatic rings. The third-order valence-corrected chi connectivity index (χ3v) is 1.46. The van der Waals surface area contributed by atoms with Crippen molar-refractivity contribution in [1.82, 2.24) is 0 Å². The largest absolute Gasteiger partial charge is 0.465 e. The lowest BCUT2D eigenvalue weighted by atomic mass is 10.4. The molecule has 1 rings (SSSR count). The summed E-state index contributed by atoms with van der Waals surface area (Å²) in [5.41, 5.74) is 0. The highest BCUT2D eigenvalue weighted by Crippen LogP contribution is 2.34. The minimum Gasteiger partial charge on any atom is -0.465 e. The molecule has 2 unspecified atom stereocenters. The van der Waals surface area contributed by atoms with Gasteiger partial charge < -0.3 is 4.74 Å². The number of rotatable bonds is 3. The smallest absolute Gasteiger partial charge is 0.312 e. The molecule has 58 valence electrons. The number of hydrogen-bond acceptors (Lipinski definition) is 2. The van der Waals surface area contributed by atoms with Crippen LogP contribution < -0.4 is 0 Å². The Morgan fingerprint density at radius 3 is 2.80 bits per heavy atom. The fraction of sp³-hybridized carbons (Fsp3) is 0.857. The topological polar surface area (TPSA) is 26.3 Å². The molecule has 10 heavy (non-hydrogen) atoms. The number of alkyl halides is 1. The van der Waals surface area contributed by atoms with Crippen LogP contribution in [0.4, 0.5) is 4.39 Å². The monoisotopic (exact) mass is 146 g/mol. The number of halogens is 1. The third kappa shape index (κ3) is 1.69. The maximum atomic E-state index is 12.2. The van der Waals surface area contributed by atoms with Crippen LogP contribution in [0.15, 0.2) is 0 Å². The summed E-state index contributed by atoms with van der Waals surface area (Å²) in [5.74, 6) is -0.805. The van der Waals surface area contributed by atoms with Gasteiger partial charge in [0, 0.05) is 0 Å². The molecule has 0 N–H and O–H groups in total. The molecule has 0 radical (unpaired) electrons. The Morgan fingerprint density at radius 2 is 2.40 bits per heavy atom. The van der Waals surface area contributed by atoms with E-state index in [1.54, 1.807) is 0 Å². The van der Waals surface area contributed by atoms with Gasteiger partial charge in [0.15, 0.2) is 0 Å². The van der Waals surface area contributed by atoms with Crippen molar-refractivity contribution in [2.75, 3.05) is 6.61 Å². The molecule has 0 saturated heterocycles. The lowest BCUT2D eigenvalue weighted by Gasteiger charge is -1.98. The van der Waals surface area contributed by atoms with Crippen LogP contribution in [0, 0.1) is 5.92 Å². The highest BCUT2D eigenvalue weighted by Gasteiger charge is 2.44. The summed E-state index contributed by atoms with van der Waals surface area (Å²) < 4.78 is 16.9. The number of esters is 1. The van der Waals surface area contributed by atoms with E-state index in [1.807, 2.05) is 6.92 Å². The second-order valence-electron chi connectivity index (χ2n) is 2.53. The maximum Gasteiger partial charge on any atom is 0.312 e. The van der Waals surface area contributed by atoms with Gasteiger partial charge in [-0.15, -0.1) is 0 Å². The van der Waals surface area contributed by atoms with Crippen LogP contribution >= 0.6 is 0 Å². The first-order chi connectivity index (χ1) is 4.75. The summed E-state index contributed by atoms with van der Waals surface area (Å²) in [7, 11) is 0. The van der Waals surface area contributed by atoms with E-state index >= 15 is 0 Å². The summed E-state index contributed by atoms with van der Waals surface area (Å²) in [5, 5.41) is 0. The molecule has 0 heterocycles. The van der Waals surface area contributed by atoms with Gasteiger partial charge in [0.25, 0.3) is 0 Å². The first-order valence-electron chi connectivity index (χ1n) is 3.56. The fourth-order valence-corrected chi connectivity index (χ4v) is 0.718. The van der Waals surface area contributed by atoms with Crippen molar-refractivity contribution >= 4 is 5.97 Å².